The summed E-state index contributed by atoms with van der Waals surface area (Å²) in [6.07, 6.45) is 4.20. The van der Waals surface area contributed by atoms with Crippen LogP contribution in [0.2, 0.25) is 0 Å². The summed E-state index contributed by atoms with van der Waals surface area (Å²) in [4.78, 5) is 2.60. The molecular formula is C12H26N2. The molecule has 0 amide bonds. The van der Waals surface area contributed by atoms with Crippen molar-refractivity contribution in [3.63, 3.8) is 0 Å². The number of piperidine rings is 1. The van der Waals surface area contributed by atoms with Gasteiger partial charge in [0.1, 0.15) is 0 Å². The van der Waals surface area contributed by atoms with Crippen molar-refractivity contribution in [1.29, 1.82) is 0 Å². The fourth-order valence-corrected chi connectivity index (χ4v) is 2.50. The summed E-state index contributed by atoms with van der Waals surface area (Å²) >= 11 is 0. The molecule has 0 saturated carbocycles. The van der Waals surface area contributed by atoms with Crippen molar-refractivity contribution in [2.24, 2.45) is 0 Å². The van der Waals surface area contributed by atoms with Crippen molar-refractivity contribution >= 4 is 0 Å². The fraction of sp³-hybridized carbons (Fsp3) is 1.00. The molecule has 84 valence electrons. The third-order valence-electron chi connectivity index (χ3n) is 2.75. The fourth-order valence-electron chi connectivity index (χ4n) is 2.50. The first kappa shape index (κ1) is 12.0. The minimum atomic E-state index is 0.255. The zero-order chi connectivity index (χ0) is 10.6. The Kier molecular flexibility index (Phi) is 4.39. The standard InChI is InChI=1S/C12H26N2/c1-11(2)13-12(3,4)10-14-8-6-5-7-9-14/h11,13H,5-10H2,1-4H3. The number of hydrogen-bond acceptors (Lipinski definition) is 2. The van der Waals surface area contributed by atoms with Crippen LogP contribution in [0.25, 0.3) is 0 Å². The predicted molar refractivity (Wildman–Crippen MR) is 62.6 cm³/mol. The van der Waals surface area contributed by atoms with Crippen LogP contribution in [0.1, 0.15) is 47.0 Å². The van der Waals surface area contributed by atoms with Crippen LogP contribution in [0.3, 0.4) is 0 Å². The molecule has 2 nitrogen and oxygen atoms in total. The van der Waals surface area contributed by atoms with E-state index >= 15 is 0 Å². The molecule has 1 aliphatic heterocycles. The van der Waals surface area contributed by atoms with E-state index in [1.807, 2.05) is 0 Å². The van der Waals surface area contributed by atoms with Crippen LogP contribution in [0.15, 0.2) is 0 Å². The second-order valence-corrected chi connectivity index (χ2v) is 5.52. The van der Waals surface area contributed by atoms with Gasteiger partial charge in [-0.3, -0.25) is 0 Å². The first-order chi connectivity index (χ1) is 6.49. The summed E-state index contributed by atoms with van der Waals surface area (Å²) in [5, 5.41) is 3.62. The van der Waals surface area contributed by atoms with Gasteiger partial charge in [0.15, 0.2) is 0 Å². The number of hydrogen-bond donors (Lipinski definition) is 1. The normalized spacial score (nSPS) is 20.4. The number of nitrogens with zero attached hydrogens (tertiary/aromatic N) is 1. The van der Waals surface area contributed by atoms with E-state index in [2.05, 4.69) is 37.9 Å². The van der Waals surface area contributed by atoms with E-state index in [-0.39, 0.29) is 5.54 Å². The third-order valence-corrected chi connectivity index (χ3v) is 2.75. The highest BCUT2D eigenvalue weighted by atomic mass is 15.2. The molecule has 0 bridgehead atoms. The van der Waals surface area contributed by atoms with Crippen molar-refractivity contribution in [1.82, 2.24) is 10.2 Å². The van der Waals surface area contributed by atoms with E-state index in [9.17, 15) is 0 Å². The topological polar surface area (TPSA) is 15.3 Å². The lowest BCUT2D eigenvalue weighted by Gasteiger charge is -2.36. The Morgan fingerprint density at radius 1 is 1.14 bits per heavy atom. The molecule has 0 aromatic carbocycles. The van der Waals surface area contributed by atoms with E-state index < -0.39 is 0 Å². The minimum Gasteiger partial charge on any atom is -0.308 e. The Morgan fingerprint density at radius 2 is 1.71 bits per heavy atom. The van der Waals surface area contributed by atoms with Crippen LogP contribution in [-0.4, -0.2) is 36.1 Å². The maximum Gasteiger partial charge on any atom is 0.0254 e. The van der Waals surface area contributed by atoms with Crippen LogP contribution >= 0.6 is 0 Å². The Hall–Kier alpha value is -0.0800. The summed E-state index contributed by atoms with van der Waals surface area (Å²) in [6, 6.07) is 0.579. The van der Waals surface area contributed by atoms with Crippen molar-refractivity contribution in [2.45, 2.75) is 58.5 Å². The quantitative estimate of drug-likeness (QED) is 0.745. The highest BCUT2D eigenvalue weighted by Crippen LogP contribution is 2.13. The maximum atomic E-state index is 3.62. The van der Waals surface area contributed by atoms with Gasteiger partial charge in [-0.25, -0.2) is 0 Å². The van der Waals surface area contributed by atoms with Crippen molar-refractivity contribution in [3.8, 4) is 0 Å². The average Bonchev–Trinajstić information content (AvgIpc) is 2.02. The molecule has 0 aromatic heterocycles. The molecule has 0 spiro atoms. The van der Waals surface area contributed by atoms with E-state index in [0.29, 0.717) is 6.04 Å². The van der Waals surface area contributed by atoms with Crippen molar-refractivity contribution < 1.29 is 0 Å². The molecule has 1 saturated heterocycles. The summed E-state index contributed by atoms with van der Waals surface area (Å²) < 4.78 is 0. The highest BCUT2D eigenvalue weighted by molar-refractivity contribution is 4.84. The average molecular weight is 198 g/mol. The first-order valence-electron chi connectivity index (χ1n) is 6.00. The molecule has 1 heterocycles. The Morgan fingerprint density at radius 3 is 2.21 bits per heavy atom. The van der Waals surface area contributed by atoms with E-state index in [0.717, 1.165) is 0 Å². The monoisotopic (exact) mass is 198 g/mol. The van der Waals surface area contributed by atoms with Gasteiger partial charge in [0.05, 0.1) is 0 Å². The first-order valence-corrected chi connectivity index (χ1v) is 6.00. The summed E-state index contributed by atoms with van der Waals surface area (Å²) in [7, 11) is 0. The molecule has 1 N–H and O–H groups in total. The number of likely N-dealkylation sites (tertiary alicyclic amines) is 1. The SMILES string of the molecule is CC(C)NC(C)(C)CN1CCCCC1. The van der Waals surface area contributed by atoms with Gasteiger partial charge in [0.2, 0.25) is 0 Å². The third kappa shape index (κ3) is 4.43. The second-order valence-electron chi connectivity index (χ2n) is 5.52. The maximum absolute atomic E-state index is 3.62. The molecular weight excluding hydrogens is 172 g/mol. The smallest absolute Gasteiger partial charge is 0.0254 e. The number of nitrogens with one attached hydrogen (secondary N) is 1. The van der Waals surface area contributed by atoms with E-state index in [4.69, 9.17) is 0 Å². The van der Waals surface area contributed by atoms with Gasteiger partial charge in [-0.1, -0.05) is 20.3 Å². The van der Waals surface area contributed by atoms with Crippen LogP contribution in [-0.2, 0) is 0 Å². The van der Waals surface area contributed by atoms with Gasteiger partial charge in [-0.15, -0.1) is 0 Å². The van der Waals surface area contributed by atoms with Crippen LogP contribution < -0.4 is 5.32 Å². The summed E-state index contributed by atoms with van der Waals surface area (Å²) in [6.45, 7) is 12.8. The van der Waals surface area contributed by atoms with Crippen LogP contribution in [0.4, 0.5) is 0 Å². The van der Waals surface area contributed by atoms with Gasteiger partial charge in [-0.05, 0) is 39.8 Å². The molecule has 1 fully saturated rings. The summed E-state index contributed by atoms with van der Waals surface area (Å²) in [5.41, 5.74) is 0.255. The molecule has 14 heavy (non-hydrogen) atoms. The van der Waals surface area contributed by atoms with Gasteiger partial charge in [-0.2, -0.15) is 0 Å². The van der Waals surface area contributed by atoms with Crippen LogP contribution in [0.5, 0.6) is 0 Å². The van der Waals surface area contributed by atoms with Gasteiger partial charge in [0, 0.05) is 18.1 Å². The molecule has 2 heteroatoms. The molecule has 0 atom stereocenters. The lowest BCUT2D eigenvalue weighted by atomic mass is 10.0. The van der Waals surface area contributed by atoms with Gasteiger partial charge < -0.3 is 10.2 Å². The Labute approximate surface area is 89.1 Å². The van der Waals surface area contributed by atoms with Gasteiger partial charge >= 0.3 is 0 Å². The van der Waals surface area contributed by atoms with Crippen molar-refractivity contribution in [2.75, 3.05) is 19.6 Å². The van der Waals surface area contributed by atoms with E-state index in [1.165, 1.54) is 38.9 Å². The molecule has 0 unspecified atom stereocenters. The summed E-state index contributed by atoms with van der Waals surface area (Å²) in [5.74, 6) is 0. The molecule has 0 radical (unpaired) electrons. The lowest BCUT2D eigenvalue weighted by molar-refractivity contribution is 0.167. The molecule has 0 aliphatic carbocycles. The minimum absolute atomic E-state index is 0.255. The lowest BCUT2D eigenvalue weighted by Crippen LogP contribution is -2.52. The zero-order valence-electron chi connectivity index (χ0n) is 10.3. The van der Waals surface area contributed by atoms with Crippen molar-refractivity contribution in [3.05, 3.63) is 0 Å². The van der Waals surface area contributed by atoms with Crippen LogP contribution in [0, 0.1) is 0 Å². The Bertz CT molecular complexity index is 158. The number of rotatable bonds is 4. The molecule has 1 aliphatic rings. The predicted octanol–water partition coefficient (Wildman–Crippen LogP) is 2.25. The van der Waals surface area contributed by atoms with Gasteiger partial charge in [0.25, 0.3) is 0 Å². The highest BCUT2D eigenvalue weighted by Gasteiger charge is 2.22. The molecule has 1 rings (SSSR count). The van der Waals surface area contributed by atoms with E-state index in [1.54, 1.807) is 0 Å². The largest absolute Gasteiger partial charge is 0.308 e. The molecule has 0 aromatic rings. The zero-order valence-corrected chi connectivity index (χ0v) is 10.3. The Balaban J connectivity index is 2.32. The second kappa shape index (κ2) is 5.13.